The van der Waals surface area contributed by atoms with Crippen LogP contribution in [0, 0.1) is 11.6 Å². The molecule has 0 spiro atoms. The maximum atomic E-state index is 13.3. The molecule has 4 aromatic rings. The number of hydrogen-bond acceptors (Lipinski definition) is 4. The lowest BCUT2D eigenvalue weighted by Gasteiger charge is -2.01. The van der Waals surface area contributed by atoms with Gasteiger partial charge in [-0.2, -0.15) is 0 Å². The van der Waals surface area contributed by atoms with Gasteiger partial charge in [0.1, 0.15) is 11.6 Å². The van der Waals surface area contributed by atoms with Gasteiger partial charge in [0.25, 0.3) is 0 Å². The van der Waals surface area contributed by atoms with Gasteiger partial charge in [0.15, 0.2) is 5.65 Å². The predicted octanol–water partition coefficient (Wildman–Crippen LogP) is 1.95. The molecule has 2 heterocycles. The van der Waals surface area contributed by atoms with Gasteiger partial charge in [0.05, 0.1) is 12.1 Å². The second-order valence-electron chi connectivity index (χ2n) is 5.36. The number of rotatable bonds is 2. The minimum absolute atomic E-state index is 0.00497. The van der Waals surface area contributed by atoms with Crippen LogP contribution < -0.4 is 11.4 Å². The Morgan fingerprint density at radius 2 is 1.79 bits per heavy atom. The van der Waals surface area contributed by atoms with Crippen molar-refractivity contribution >= 4 is 22.5 Å². The van der Waals surface area contributed by atoms with Crippen LogP contribution in [-0.4, -0.2) is 19.2 Å². The van der Waals surface area contributed by atoms with Gasteiger partial charge in [0, 0.05) is 11.5 Å². The third-order valence-electron chi connectivity index (χ3n) is 3.70. The number of fused-ring (bicyclic) bond motifs is 3. The van der Waals surface area contributed by atoms with Crippen LogP contribution in [0.5, 0.6) is 0 Å². The highest BCUT2D eigenvalue weighted by molar-refractivity contribution is 5.91. The number of aromatic nitrogens is 4. The molecule has 4 rings (SSSR count). The highest BCUT2D eigenvalue weighted by Gasteiger charge is 2.14. The molecular formula is C16H11F2N5O. The van der Waals surface area contributed by atoms with E-state index in [1.807, 2.05) is 0 Å². The van der Waals surface area contributed by atoms with Gasteiger partial charge in [-0.3, -0.25) is 0 Å². The van der Waals surface area contributed by atoms with E-state index in [9.17, 15) is 13.6 Å². The molecule has 6 nitrogen and oxygen atoms in total. The van der Waals surface area contributed by atoms with Gasteiger partial charge in [0.2, 0.25) is 5.95 Å². The maximum Gasteiger partial charge on any atom is 0.353 e. The average molecular weight is 327 g/mol. The van der Waals surface area contributed by atoms with Crippen LogP contribution in [0.4, 0.5) is 14.7 Å². The summed E-state index contributed by atoms with van der Waals surface area (Å²) in [7, 11) is 0. The zero-order valence-electron chi connectivity index (χ0n) is 12.3. The molecule has 0 amide bonds. The molecule has 0 aliphatic heterocycles. The molecule has 2 N–H and O–H groups in total. The smallest absolute Gasteiger partial charge is 0.353 e. The number of nitrogens with zero attached hydrogens (tertiary/aromatic N) is 4. The standard InChI is InChI=1S/C16H11F2N5O/c17-10-5-9(6-11(18)7-10)8-22-16(24)23-14(21-22)12-3-1-2-4-13(12)20-15(23)19/h1-7H,8H2,(H2,19,20). The Morgan fingerprint density at radius 1 is 1.08 bits per heavy atom. The van der Waals surface area contributed by atoms with Gasteiger partial charge in [-0.15, -0.1) is 5.10 Å². The van der Waals surface area contributed by atoms with Gasteiger partial charge < -0.3 is 5.73 Å². The van der Waals surface area contributed by atoms with Crippen molar-refractivity contribution in [2.75, 3.05) is 5.73 Å². The summed E-state index contributed by atoms with van der Waals surface area (Å²) in [5, 5.41) is 4.92. The molecule has 0 fully saturated rings. The van der Waals surface area contributed by atoms with Gasteiger partial charge in [-0.25, -0.2) is 27.6 Å². The second kappa shape index (κ2) is 5.12. The van der Waals surface area contributed by atoms with E-state index >= 15 is 0 Å². The number of anilines is 1. The molecule has 0 atom stereocenters. The lowest BCUT2D eigenvalue weighted by Crippen LogP contribution is -2.23. The van der Waals surface area contributed by atoms with E-state index in [-0.39, 0.29) is 18.1 Å². The van der Waals surface area contributed by atoms with Crippen molar-refractivity contribution < 1.29 is 8.78 Å². The Morgan fingerprint density at radius 3 is 2.54 bits per heavy atom. The molecule has 8 heteroatoms. The molecule has 0 bridgehead atoms. The Hall–Kier alpha value is -3.29. The average Bonchev–Trinajstić information content (AvgIpc) is 2.84. The Kier molecular flexibility index (Phi) is 3.05. The van der Waals surface area contributed by atoms with E-state index in [1.165, 1.54) is 4.40 Å². The summed E-state index contributed by atoms with van der Waals surface area (Å²) in [6.07, 6.45) is 0. The monoisotopic (exact) mass is 327 g/mol. The van der Waals surface area contributed by atoms with Crippen molar-refractivity contribution in [1.82, 2.24) is 19.2 Å². The Bertz CT molecular complexity index is 1130. The second-order valence-corrected chi connectivity index (χ2v) is 5.36. The molecule has 24 heavy (non-hydrogen) atoms. The minimum atomic E-state index is -0.714. The van der Waals surface area contributed by atoms with Gasteiger partial charge >= 0.3 is 5.69 Å². The summed E-state index contributed by atoms with van der Waals surface area (Å²) in [5.74, 6) is -1.42. The summed E-state index contributed by atoms with van der Waals surface area (Å²) in [4.78, 5) is 16.7. The van der Waals surface area contributed by atoms with E-state index in [2.05, 4.69) is 10.1 Å². The Labute approximate surface area is 133 Å². The first-order valence-corrected chi connectivity index (χ1v) is 7.12. The zero-order valence-corrected chi connectivity index (χ0v) is 12.3. The SMILES string of the molecule is Nc1nc2ccccc2c2nn(Cc3cc(F)cc(F)c3)c(=O)n12. The summed E-state index contributed by atoms with van der Waals surface area (Å²) in [6, 6.07) is 10.2. The first kappa shape index (κ1) is 14.3. The van der Waals surface area contributed by atoms with Crippen molar-refractivity contribution in [1.29, 1.82) is 0 Å². The summed E-state index contributed by atoms with van der Waals surface area (Å²) in [5.41, 5.74) is 6.57. The number of nitrogens with two attached hydrogens (primary N) is 1. The summed E-state index contributed by atoms with van der Waals surface area (Å²) in [6.45, 7) is -0.0804. The van der Waals surface area contributed by atoms with E-state index in [0.717, 1.165) is 22.9 Å². The quantitative estimate of drug-likeness (QED) is 0.610. The molecule has 0 aliphatic rings. The van der Waals surface area contributed by atoms with Gasteiger partial charge in [-0.05, 0) is 29.8 Å². The fourth-order valence-corrected chi connectivity index (χ4v) is 2.70. The number of para-hydroxylation sites is 1. The number of benzene rings is 2. The van der Waals surface area contributed by atoms with Crippen molar-refractivity contribution in [2.45, 2.75) is 6.54 Å². The Balaban J connectivity index is 1.94. The zero-order chi connectivity index (χ0) is 16.8. The highest BCUT2D eigenvalue weighted by atomic mass is 19.1. The van der Waals surface area contributed by atoms with E-state index < -0.39 is 17.3 Å². The molecular weight excluding hydrogens is 316 g/mol. The van der Waals surface area contributed by atoms with Crippen molar-refractivity contribution in [3.8, 4) is 0 Å². The molecule has 0 radical (unpaired) electrons. The summed E-state index contributed by atoms with van der Waals surface area (Å²) < 4.78 is 28.9. The molecule has 2 aromatic heterocycles. The number of nitrogen functional groups attached to an aromatic ring is 1. The van der Waals surface area contributed by atoms with Crippen LogP contribution >= 0.6 is 0 Å². The van der Waals surface area contributed by atoms with E-state index in [1.54, 1.807) is 24.3 Å². The first-order chi connectivity index (χ1) is 11.5. The van der Waals surface area contributed by atoms with E-state index in [0.29, 0.717) is 16.6 Å². The van der Waals surface area contributed by atoms with Crippen LogP contribution in [0.15, 0.2) is 47.3 Å². The van der Waals surface area contributed by atoms with Crippen molar-refractivity contribution in [2.24, 2.45) is 0 Å². The third-order valence-corrected chi connectivity index (χ3v) is 3.70. The molecule has 0 unspecified atom stereocenters. The van der Waals surface area contributed by atoms with Crippen molar-refractivity contribution in [3.05, 3.63) is 70.1 Å². The van der Waals surface area contributed by atoms with Crippen LogP contribution in [0.25, 0.3) is 16.6 Å². The molecule has 0 aliphatic carbocycles. The van der Waals surface area contributed by atoms with Crippen LogP contribution in [0.1, 0.15) is 5.56 Å². The predicted molar refractivity (Wildman–Crippen MR) is 84.6 cm³/mol. The van der Waals surface area contributed by atoms with Crippen LogP contribution in [0.2, 0.25) is 0 Å². The topological polar surface area (TPSA) is 78.2 Å². The summed E-state index contributed by atoms with van der Waals surface area (Å²) >= 11 is 0. The largest absolute Gasteiger partial charge is 0.369 e. The molecule has 120 valence electrons. The fourth-order valence-electron chi connectivity index (χ4n) is 2.70. The van der Waals surface area contributed by atoms with Crippen LogP contribution in [0.3, 0.4) is 0 Å². The first-order valence-electron chi connectivity index (χ1n) is 7.12. The highest BCUT2D eigenvalue weighted by Crippen LogP contribution is 2.18. The fraction of sp³-hybridized carbons (Fsp3) is 0.0625. The maximum absolute atomic E-state index is 13.3. The number of halogens is 2. The normalized spacial score (nSPS) is 11.4. The van der Waals surface area contributed by atoms with Gasteiger partial charge in [-0.1, -0.05) is 12.1 Å². The third kappa shape index (κ3) is 2.19. The van der Waals surface area contributed by atoms with E-state index in [4.69, 9.17) is 5.73 Å². The number of hydrogen-bond donors (Lipinski definition) is 1. The molecule has 0 saturated carbocycles. The lowest BCUT2D eigenvalue weighted by atomic mass is 10.2. The van der Waals surface area contributed by atoms with Crippen molar-refractivity contribution in [3.63, 3.8) is 0 Å². The molecule has 0 saturated heterocycles. The van der Waals surface area contributed by atoms with Crippen LogP contribution in [-0.2, 0) is 6.54 Å². The molecule has 2 aromatic carbocycles. The lowest BCUT2D eigenvalue weighted by molar-refractivity contribution is 0.572. The minimum Gasteiger partial charge on any atom is -0.369 e.